The molecule has 0 bridgehead atoms. The van der Waals surface area contributed by atoms with Crippen molar-refractivity contribution in [2.45, 2.75) is 31.8 Å². The van der Waals surface area contributed by atoms with Gasteiger partial charge in [-0.15, -0.1) is 0 Å². The van der Waals surface area contributed by atoms with Crippen molar-refractivity contribution in [1.29, 1.82) is 0 Å². The largest absolute Gasteiger partial charge is 0.353 e. The predicted octanol–water partition coefficient (Wildman–Crippen LogP) is 1.75. The van der Waals surface area contributed by atoms with Gasteiger partial charge in [-0.2, -0.15) is 5.10 Å². The molecule has 1 aromatic carbocycles. The van der Waals surface area contributed by atoms with Crippen LogP contribution in [0.3, 0.4) is 0 Å². The van der Waals surface area contributed by atoms with Gasteiger partial charge >= 0.3 is 0 Å². The van der Waals surface area contributed by atoms with Crippen molar-refractivity contribution in [3.8, 4) is 0 Å². The van der Waals surface area contributed by atoms with Crippen LogP contribution >= 0.6 is 0 Å². The average Bonchev–Trinajstić information content (AvgIpc) is 3.01. The van der Waals surface area contributed by atoms with Crippen LogP contribution in [0.25, 0.3) is 0 Å². The van der Waals surface area contributed by atoms with E-state index < -0.39 is 0 Å². The Morgan fingerprint density at radius 2 is 2.11 bits per heavy atom. The lowest BCUT2D eigenvalue weighted by molar-refractivity contribution is -0.119. The van der Waals surface area contributed by atoms with Crippen molar-refractivity contribution in [3.05, 3.63) is 53.9 Å². The van der Waals surface area contributed by atoms with Crippen LogP contribution in [0, 0.1) is 0 Å². The molecule has 1 aromatic heterocycles. The Hall–Kier alpha value is -2.10. The van der Waals surface area contributed by atoms with Gasteiger partial charge in [0.1, 0.15) is 0 Å². The van der Waals surface area contributed by atoms with E-state index in [-0.39, 0.29) is 11.9 Å². The van der Waals surface area contributed by atoms with E-state index >= 15 is 0 Å². The van der Waals surface area contributed by atoms with E-state index in [2.05, 4.69) is 28.7 Å². The van der Waals surface area contributed by atoms with Crippen LogP contribution in [0.1, 0.15) is 24.0 Å². The fourth-order valence-electron chi connectivity index (χ4n) is 2.48. The maximum atomic E-state index is 11.2. The maximum absolute atomic E-state index is 11.2. The van der Waals surface area contributed by atoms with Crippen molar-refractivity contribution < 1.29 is 4.79 Å². The molecule has 4 nitrogen and oxygen atoms in total. The molecule has 98 valence electrons. The molecular weight excluding hydrogens is 238 g/mol. The minimum Gasteiger partial charge on any atom is -0.353 e. The first-order valence-corrected chi connectivity index (χ1v) is 6.64. The van der Waals surface area contributed by atoms with E-state index in [0.717, 1.165) is 19.4 Å². The molecule has 1 fully saturated rings. The Morgan fingerprint density at radius 3 is 2.84 bits per heavy atom. The van der Waals surface area contributed by atoms with Crippen LogP contribution < -0.4 is 5.32 Å². The van der Waals surface area contributed by atoms with Gasteiger partial charge in [-0.05, 0) is 24.0 Å². The second kappa shape index (κ2) is 5.26. The third kappa shape index (κ3) is 3.02. The van der Waals surface area contributed by atoms with Crippen LogP contribution in [-0.2, 0) is 17.8 Å². The molecule has 2 heterocycles. The van der Waals surface area contributed by atoms with E-state index in [1.165, 1.54) is 11.1 Å². The Labute approximate surface area is 112 Å². The zero-order valence-corrected chi connectivity index (χ0v) is 10.7. The smallest absolute Gasteiger partial charge is 0.220 e. The number of hydrogen-bond donors (Lipinski definition) is 1. The van der Waals surface area contributed by atoms with Gasteiger partial charge in [-0.1, -0.05) is 30.3 Å². The SMILES string of the molecule is O=C1CC[C@H](Cc2cnn(Cc3ccccc3)c2)N1. The summed E-state index contributed by atoms with van der Waals surface area (Å²) in [6.45, 7) is 0.790. The highest BCUT2D eigenvalue weighted by Crippen LogP contribution is 2.13. The molecule has 0 unspecified atom stereocenters. The van der Waals surface area contributed by atoms with E-state index in [0.29, 0.717) is 6.42 Å². The second-order valence-electron chi connectivity index (χ2n) is 5.04. The van der Waals surface area contributed by atoms with Gasteiger partial charge in [-0.3, -0.25) is 9.48 Å². The van der Waals surface area contributed by atoms with E-state index in [1.54, 1.807) is 0 Å². The highest BCUT2D eigenvalue weighted by Gasteiger charge is 2.21. The van der Waals surface area contributed by atoms with Gasteiger partial charge < -0.3 is 5.32 Å². The molecule has 0 saturated carbocycles. The quantitative estimate of drug-likeness (QED) is 0.904. The molecule has 1 amide bonds. The molecule has 1 N–H and O–H groups in total. The Balaban J connectivity index is 1.62. The topological polar surface area (TPSA) is 46.9 Å². The summed E-state index contributed by atoms with van der Waals surface area (Å²) < 4.78 is 1.95. The average molecular weight is 255 g/mol. The van der Waals surface area contributed by atoms with Crippen molar-refractivity contribution in [2.24, 2.45) is 0 Å². The maximum Gasteiger partial charge on any atom is 0.220 e. The minimum absolute atomic E-state index is 0.168. The summed E-state index contributed by atoms with van der Waals surface area (Å²) in [5.74, 6) is 0.168. The van der Waals surface area contributed by atoms with E-state index in [1.807, 2.05) is 29.1 Å². The van der Waals surface area contributed by atoms with Gasteiger partial charge in [-0.25, -0.2) is 0 Å². The van der Waals surface area contributed by atoms with Crippen LogP contribution in [-0.4, -0.2) is 21.7 Å². The molecule has 1 aliphatic rings. The standard InChI is InChI=1S/C15H17N3O/c19-15-7-6-14(17-15)8-13-9-16-18(11-13)10-12-4-2-1-3-5-12/h1-5,9,11,14H,6-8,10H2,(H,17,19)/t14-/m1/s1. The third-order valence-electron chi connectivity index (χ3n) is 3.44. The predicted molar refractivity (Wildman–Crippen MR) is 72.6 cm³/mol. The number of rotatable bonds is 4. The first-order chi connectivity index (χ1) is 9.29. The van der Waals surface area contributed by atoms with Gasteiger partial charge in [0.25, 0.3) is 0 Å². The summed E-state index contributed by atoms with van der Waals surface area (Å²) in [4.78, 5) is 11.2. The Bertz CT molecular complexity index is 562. The molecule has 0 aliphatic carbocycles. The molecule has 19 heavy (non-hydrogen) atoms. The Kier molecular flexibility index (Phi) is 3.31. The fraction of sp³-hybridized carbons (Fsp3) is 0.333. The number of nitrogens with zero attached hydrogens (tertiary/aromatic N) is 2. The van der Waals surface area contributed by atoms with Crippen LogP contribution in [0.15, 0.2) is 42.7 Å². The summed E-state index contributed by atoms with van der Waals surface area (Å²) in [5.41, 5.74) is 2.43. The van der Waals surface area contributed by atoms with Gasteiger partial charge in [0, 0.05) is 18.7 Å². The number of amides is 1. The molecular formula is C15H17N3O. The number of benzene rings is 1. The molecule has 1 saturated heterocycles. The van der Waals surface area contributed by atoms with Crippen LogP contribution in [0.4, 0.5) is 0 Å². The molecule has 3 rings (SSSR count). The van der Waals surface area contributed by atoms with Crippen molar-refractivity contribution in [3.63, 3.8) is 0 Å². The van der Waals surface area contributed by atoms with Gasteiger partial charge in [0.2, 0.25) is 5.91 Å². The van der Waals surface area contributed by atoms with E-state index in [9.17, 15) is 4.79 Å². The summed E-state index contributed by atoms with van der Waals surface area (Å²) >= 11 is 0. The van der Waals surface area contributed by atoms with Crippen molar-refractivity contribution in [1.82, 2.24) is 15.1 Å². The van der Waals surface area contributed by atoms with Crippen molar-refractivity contribution in [2.75, 3.05) is 0 Å². The fourth-order valence-corrected chi connectivity index (χ4v) is 2.48. The number of nitrogens with one attached hydrogen (secondary N) is 1. The highest BCUT2D eigenvalue weighted by molar-refractivity contribution is 5.78. The van der Waals surface area contributed by atoms with Crippen molar-refractivity contribution >= 4 is 5.91 Å². The number of aromatic nitrogens is 2. The Morgan fingerprint density at radius 1 is 1.26 bits per heavy atom. The van der Waals surface area contributed by atoms with Gasteiger partial charge in [0.15, 0.2) is 0 Å². The molecule has 2 aromatic rings. The van der Waals surface area contributed by atoms with E-state index in [4.69, 9.17) is 0 Å². The normalized spacial score (nSPS) is 18.5. The summed E-state index contributed by atoms with van der Waals surface area (Å²) in [5, 5.41) is 7.36. The molecule has 1 atom stereocenters. The minimum atomic E-state index is 0.168. The molecule has 4 heteroatoms. The third-order valence-corrected chi connectivity index (χ3v) is 3.44. The summed E-state index contributed by atoms with van der Waals surface area (Å²) in [6.07, 6.45) is 6.43. The van der Waals surface area contributed by atoms with Gasteiger partial charge in [0.05, 0.1) is 12.7 Å². The number of carbonyl (C=O) groups is 1. The molecule has 1 aliphatic heterocycles. The first-order valence-electron chi connectivity index (χ1n) is 6.64. The lowest BCUT2D eigenvalue weighted by Crippen LogP contribution is -2.26. The lowest BCUT2D eigenvalue weighted by atomic mass is 10.1. The summed E-state index contributed by atoms with van der Waals surface area (Å²) in [7, 11) is 0. The molecule has 0 spiro atoms. The summed E-state index contributed by atoms with van der Waals surface area (Å²) in [6, 6.07) is 10.6. The first kappa shape index (κ1) is 12.0. The van der Waals surface area contributed by atoms with Crippen LogP contribution in [0.5, 0.6) is 0 Å². The zero-order valence-electron chi connectivity index (χ0n) is 10.7. The zero-order chi connectivity index (χ0) is 13.1. The highest BCUT2D eigenvalue weighted by atomic mass is 16.1. The van der Waals surface area contributed by atoms with Crippen LogP contribution in [0.2, 0.25) is 0 Å². The monoisotopic (exact) mass is 255 g/mol. The molecule has 0 radical (unpaired) electrons. The lowest BCUT2D eigenvalue weighted by Gasteiger charge is -2.07. The number of hydrogen-bond acceptors (Lipinski definition) is 2. The number of carbonyl (C=O) groups excluding carboxylic acids is 1. The second-order valence-corrected chi connectivity index (χ2v) is 5.04.